The van der Waals surface area contributed by atoms with Gasteiger partial charge in [0.05, 0.1) is 18.2 Å². The van der Waals surface area contributed by atoms with Crippen LogP contribution in [0.2, 0.25) is 0 Å². The number of carbonyl (C=O) groups is 1. The summed E-state index contributed by atoms with van der Waals surface area (Å²) in [5.41, 5.74) is 0. The Hall–Kier alpha value is -1.88. The summed E-state index contributed by atoms with van der Waals surface area (Å²) in [4.78, 5) is 13.2. The Labute approximate surface area is 148 Å². The number of amides is 1. The van der Waals surface area contributed by atoms with Crippen LogP contribution < -0.4 is 5.32 Å². The normalized spacial score (nSPS) is 16.3. The van der Waals surface area contributed by atoms with Gasteiger partial charge >= 0.3 is 0 Å². The maximum absolute atomic E-state index is 11.9. The van der Waals surface area contributed by atoms with Gasteiger partial charge in [0.25, 0.3) is 0 Å². The molecule has 2 rings (SSSR count). The SMILES string of the molecule is N#CCN(CC#N)C(=O)CCSc1nnc(NCC2CCCO2)s1. The molecule has 0 aliphatic carbocycles. The van der Waals surface area contributed by atoms with Crippen molar-refractivity contribution in [2.24, 2.45) is 0 Å². The molecule has 0 radical (unpaired) electrons. The van der Waals surface area contributed by atoms with Crippen molar-refractivity contribution in [3.63, 3.8) is 0 Å². The van der Waals surface area contributed by atoms with Crippen LogP contribution in [0.25, 0.3) is 0 Å². The third-order valence-corrected chi connectivity index (χ3v) is 5.34. The van der Waals surface area contributed by atoms with Crippen molar-refractivity contribution in [2.75, 3.05) is 37.3 Å². The summed E-state index contributed by atoms with van der Waals surface area (Å²) in [5, 5.41) is 29.4. The molecule has 0 saturated carbocycles. The van der Waals surface area contributed by atoms with E-state index in [4.69, 9.17) is 15.3 Å². The molecule has 24 heavy (non-hydrogen) atoms. The van der Waals surface area contributed by atoms with E-state index in [1.165, 1.54) is 28.0 Å². The van der Waals surface area contributed by atoms with Crippen LogP contribution in [0, 0.1) is 22.7 Å². The predicted molar refractivity (Wildman–Crippen MR) is 90.5 cm³/mol. The Morgan fingerprint density at radius 3 is 2.88 bits per heavy atom. The third-order valence-electron chi connectivity index (χ3n) is 3.33. The maximum Gasteiger partial charge on any atom is 0.225 e. The Balaban J connectivity index is 1.69. The second kappa shape index (κ2) is 10.1. The summed E-state index contributed by atoms with van der Waals surface area (Å²) in [6.07, 6.45) is 2.67. The van der Waals surface area contributed by atoms with Crippen molar-refractivity contribution < 1.29 is 9.53 Å². The molecule has 1 aliphatic heterocycles. The fourth-order valence-corrected chi connectivity index (χ4v) is 3.89. The van der Waals surface area contributed by atoms with Crippen molar-refractivity contribution in [2.45, 2.75) is 29.7 Å². The zero-order chi connectivity index (χ0) is 17.2. The lowest BCUT2D eigenvalue weighted by atomic mass is 10.2. The molecule has 0 bridgehead atoms. The Kier molecular flexibility index (Phi) is 7.75. The second-order valence-corrected chi connectivity index (χ2v) is 7.37. The predicted octanol–water partition coefficient (Wildman–Crippen LogP) is 1.49. The van der Waals surface area contributed by atoms with Crippen LogP contribution >= 0.6 is 23.1 Å². The average Bonchev–Trinajstić information content (AvgIpc) is 3.24. The number of nitrogens with one attached hydrogen (secondary N) is 1. The van der Waals surface area contributed by atoms with E-state index in [2.05, 4.69) is 15.5 Å². The van der Waals surface area contributed by atoms with Gasteiger partial charge < -0.3 is 15.0 Å². The van der Waals surface area contributed by atoms with Crippen LogP contribution in [-0.2, 0) is 9.53 Å². The molecule has 1 fully saturated rings. The van der Waals surface area contributed by atoms with Crippen molar-refractivity contribution in [3.8, 4) is 12.1 Å². The van der Waals surface area contributed by atoms with E-state index in [0.29, 0.717) is 5.75 Å². The monoisotopic (exact) mass is 366 g/mol. The van der Waals surface area contributed by atoms with Crippen LogP contribution in [0.3, 0.4) is 0 Å². The number of hydrogen-bond acceptors (Lipinski definition) is 9. The minimum atomic E-state index is -0.202. The Morgan fingerprint density at radius 1 is 1.42 bits per heavy atom. The van der Waals surface area contributed by atoms with Gasteiger partial charge in [0.15, 0.2) is 4.34 Å². The van der Waals surface area contributed by atoms with E-state index in [1.54, 1.807) is 0 Å². The molecule has 1 aromatic heterocycles. The summed E-state index contributed by atoms with van der Waals surface area (Å²) in [6.45, 7) is 1.43. The average molecular weight is 366 g/mol. The summed E-state index contributed by atoms with van der Waals surface area (Å²) in [7, 11) is 0. The van der Waals surface area contributed by atoms with Gasteiger partial charge in [0.2, 0.25) is 11.0 Å². The van der Waals surface area contributed by atoms with Gasteiger partial charge in [-0.05, 0) is 12.8 Å². The van der Waals surface area contributed by atoms with Crippen LogP contribution in [0.4, 0.5) is 5.13 Å². The maximum atomic E-state index is 11.9. The van der Waals surface area contributed by atoms with Gasteiger partial charge in [0.1, 0.15) is 13.1 Å². The molecule has 128 valence electrons. The molecular formula is C14H18N6O2S2. The molecule has 0 aromatic carbocycles. The van der Waals surface area contributed by atoms with Gasteiger partial charge in [-0.3, -0.25) is 4.79 Å². The number of ether oxygens (including phenoxy) is 1. The van der Waals surface area contributed by atoms with Gasteiger partial charge in [-0.25, -0.2) is 0 Å². The van der Waals surface area contributed by atoms with Crippen LogP contribution in [-0.4, -0.2) is 59.1 Å². The summed E-state index contributed by atoms with van der Waals surface area (Å²) in [5.74, 6) is 0.332. The zero-order valence-corrected chi connectivity index (χ0v) is 14.7. The number of thioether (sulfide) groups is 1. The smallest absolute Gasteiger partial charge is 0.225 e. The molecule has 0 spiro atoms. The number of hydrogen-bond donors (Lipinski definition) is 1. The Bertz CT molecular complexity index is 602. The van der Waals surface area contributed by atoms with E-state index in [1.807, 2.05) is 12.1 Å². The van der Waals surface area contributed by atoms with E-state index in [-0.39, 0.29) is 31.5 Å². The standard InChI is InChI=1S/C14H18N6O2S2/c15-4-6-20(7-5-16)12(21)3-9-23-14-19-18-13(24-14)17-10-11-2-1-8-22-11/h11H,1-3,6-10H2,(H,17,18). The number of anilines is 1. The summed E-state index contributed by atoms with van der Waals surface area (Å²) in [6, 6.07) is 3.78. The number of carbonyl (C=O) groups excluding carboxylic acids is 1. The number of rotatable bonds is 9. The minimum Gasteiger partial charge on any atom is -0.376 e. The van der Waals surface area contributed by atoms with E-state index >= 15 is 0 Å². The minimum absolute atomic E-state index is 0.0623. The topological polar surface area (TPSA) is 115 Å². The van der Waals surface area contributed by atoms with E-state index in [0.717, 1.165) is 35.5 Å². The number of nitriles is 2. The quantitative estimate of drug-likeness (QED) is 0.516. The molecule has 1 aliphatic rings. The molecule has 10 heteroatoms. The highest BCUT2D eigenvalue weighted by molar-refractivity contribution is 8.01. The lowest BCUT2D eigenvalue weighted by Crippen LogP contribution is -2.31. The molecule has 2 heterocycles. The highest BCUT2D eigenvalue weighted by Crippen LogP contribution is 2.26. The van der Waals surface area contributed by atoms with Crippen molar-refractivity contribution in [3.05, 3.63) is 0 Å². The van der Waals surface area contributed by atoms with Gasteiger partial charge in [-0.1, -0.05) is 23.1 Å². The lowest BCUT2D eigenvalue weighted by molar-refractivity contribution is -0.129. The number of nitrogens with zero attached hydrogens (tertiary/aromatic N) is 5. The molecule has 1 saturated heterocycles. The van der Waals surface area contributed by atoms with Gasteiger partial charge in [-0.15, -0.1) is 10.2 Å². The zero-order valence-electron chi connectivity index (χ0n) is 13.1. The molecule has 8 nitrogen and oxygen atoms in total. The first kappa shape index (κ1) is 18.5. The molecule has 1 unspecified atom stereocenters. The summed E-state index contributed by atoms with van der Waals surface area (Å²) >= 11 is 2.88. The highest BCUT2D eigenvalue weighted by Gasteiger charge is 2.16. The molecule has 1 atom stereocenters. The van der Waals surface area contributed by atoms with Crippen LogP contribution in [0.15, 0.2) is 4.34 Å². The van der Waals surface area contributed by atoms with Gasteiger partial charge in [0, 0.05) is 25.3 Å². The fourth-order valence-electron chi connectivity index (χ4n) is 2.13. The van der Waals surface area contributed by atoms with E-state index in [9.17, 15) is 4.79 Å². The molecule has 1 N–H and O–H groups in total. The van der Waals surface area contributed by atoms with Crippen LogP contribution in [0.1, 0.15) is 19.3 Å². The van der Waals surface area contributed by atoms with Crippen molar-refractivity contribution in [1.82, 2.24) is 15.1 Å². The third kappa shape index (κ3) is 5.96. The first-order chi connectivity index (χ1) is 11.7. The first-order valence-electron chi connectivity index (χ1n) is 7.56. The molecular weight excluding hydrogens is 348 g/mol. The molecule has 1 aromatic rings. The Morgan fingerprint density at radius 2 is 2.21 bits per heavy atom. The largest absolute Gasteiger partial charge is 0.376 e. The van der Waals surface area contributed by atoms with E-state index < -0.39 is 0 Å². The highest BCUT2D eigenvalue weighted by atomic mass is 32.2. The lowest BCUT2D eigenvalue weighted by Gasteiger charge is -2.14. The fraction of sp³-hybridized carbons (Fsp3) is 0.643. The second-order valence-electron chi connectivity index (χ2n) is 5.05. The first-order valence-corrected chi connectivity index (χ1v) is 9.36. The van der Waals surface area contributed by atoms with Crippen molar-refractivity contribution >= 4 is 34.1 Å². The number of aromatic nitrogens is 2. The van der Waals surface area contributed by atoms with Crippen molar-refractivity contribution in [1.29, 1.82) is 10.5 Å². The van der Waals surface area contributed by atoms with Gasteiger partial charge in [-0.2, -0.15) is 10.5 Å². The molecule has 1 amide bonds. The summed E-state index contributed by atoms with van der Waals surface area (Å²) < 4.78 is 6.32. The van der Waals surface area contributed by atoms with Crippen LogP contribution in [0.5, 0.6) is 0 Å².